The van der Waals surface area contributed by atoms with E-state index in [1.807, 2.05) is 52.3 Å². The number of nitrogen functional groups attached to an aromatic ring is 1. The van der Waals surface area contributed by atoms with Crippen LogP contribution < -0.4 is 5.73 Å². The van der Waals surface area contributed by atoms with Gasteiger partial charge < -0.3 is 20.4 Å². The van der Waals surface area contributed by atoms with Gasteiger partial charge in [-0.2, -0.15) is 0 Å². The Bertz CT molecular complexity index is 1170. The van der Waals surface area contributed by atoms with Crippen molar-refractivity contribution in [3.05, 3.63) is 59.8 Å². The molecule has 0 aliphatic carbocycles. The normalized spacial score (nSPS) is 19.9. The smallest absolute Gasteiger partial charge is 0.254 e. The van der Waals surface area contributed by atoms with Crippen molar-refractivity contribution in [2.75, 3.05) is 45.0 Å². The second-order valence-electron chi connectivity index (χ2n) is 11.5. The summed E-state index contributed by atoms with van der Waals surface area (Å²) in [7, 11) is 0. The standard InChI is InChI=1S/C31H42N6O3/c1-23(38)35-17-10-27(11-18-35)37(31(40)25-5-3-2-4-6-25)28-12-19-36(20-13-28)30(39)26-8-15-34(16-9-26)22-24-7-14-33-29(32)21-24/h2-7,14,21,26-28H,8-13,15-20,22H2,1H3,(H2,32,33). The lowest BCUT2D eigenvalue weighted by molar-refractivity contribution is -0.138. The number of pyridine rings is 1. The molecule has 3 fully saturated rings. The molecule has 0 radical (unpaired) electrons. The van der Waals surface area contributed by atoms with Crippen molar-refractivity contribution in [1.82, 2.24) is 24.6 Å². The first-order valence-corrected chi connectivity index (χ1v) is 14.7. The van der Waals surface area contributed by atoms with Gasteiger partial charge in [0, 0.05) is 69.4 Å². The summed E-state index contributed by atoms with van der Waals surface area (Å²) in [4.78, 5) is 51.5. The summed E-state index contributed by atoms with van der Waals surface area (Å²) in [6, 6.07) is 13.6. The number of aromatic nitrogens is 1. The first-order valence-electron chi connectivity index (χ1n) is 14.7. The Morgan fingerprint density at radius 1 is 0.850 bits per heavy atom. The fourth-order valence-electron chi connectivity index (χ4n) is 6.63. The summed E-state index contributed by atoms with van der Waals surface area (Å²) in [6.45, 7) is 6.97. The van der Waals surface area contributed by atoms with Crippen molar-refractivity contribution >= 4 is 23.5 Å². The van der Waals surface area contributed by atoms with Crippen molar-refractivity contribution in [3.8, 4) is 0 Å². The molecule has 4 heterocycles. The van der Waals surface area contributed by atoms with E-state index in [4.69, 9.17) is 5.73 Å². The number of likely N-dealkylation sites (tertiary alicyclic amines) is 3. The van der Waals surface area contributed by atoms with Crippen molar-refractivity contribution in [2.24, 2.45) is 5.92 Å². The van der Waals surface area contributed by atoms with Crippen LogP contribution in [0.3, 0.4) is 0 Å². The Morgan fingerprint density at radius 2 is 1.45 bits per heavy atom. The molecule has 0 saturated carbocycles. The number of nitrogens with two attached hydrogens (primary N) is 1. The van der Waals surface area contributed by atoms with E-state index in [2.05, 4.69) is 14.8 Å². The largest absolute Gasteiger partial charge is 0.384 e. The molecule has 3 amide bonds. The highest BCUT2D eigenvalue weighted by Crippen LogP contribution is 2.29. The van der Waals surface area contributed by atoms with Gasteiger partial charge in [0.05, 0.1) is 0 Å². The predicted octanol–water partition coefficient (Wildman–Crippen LogP) is 3.02. The molecule has 3 aliphatic heterocycles. The number of carbonyl (C=O) groups is 3. The van der Waals surface area contributed by atoms with E-state index in [0.29, 0.717) is 37.6 Å². The molecular formula is C31H42N6O3. The first kappa shape index (κ1) is 28.1. The minimum absolute atomic E-state index is 0.0632. The zero-order valence-corrected chi connectivity index (χ0v) is 23.6. The average Bonchev–Trinajstić information content (AvgIpc) is 2.98. The molecule has 9 heteroatoms. The molecule has 9 nitrogen and oxygen atoms in total. The Labute approximate surface area is 237 Å². The Morgan fingerprint density at radius 3 is 2.02 bits per heavy atom. The van der Waals surface area contributed by atoms with Gasteiger partial charge in [0.1, 0.15) is 5.82 Å². The second-order valence-corrected chi connectivity index (χ2v) is 11.5. The van der Waals surface area contributed by atoms with Gasteiger partial charge in [-0.25, -0.2) is 4.98 Å². The van der Waals surface area contributed by atoms with Crippen LogP contribution in [0.2, 0.25) is 0 Å². The van der Waals surface area contributed by atoms with Crippen LogP contribution in [0, 0.1) is 5.92 Å². The van der Waals surface area contributed by atoms with E-state index in [-0.39, 0.29) is 35.7 Å². The van der Waals surface area contributed by atoms with Crippen molar-refractivity contribution in [1.29, 1.82) is 0 Å². The summed E-state index contributed by atoms with van der Waals surface area (Å²) in [5.74, 6) is 1.03. The Hall–Kier alpha value is -3.46. The third-order valence-electron chi connectivity index (χ3n) is 8.92. The number of carbonyl (C=O) groups excluding carboxylic acids is 3. The van der Waals surface area contributed by atoms with Gasteiger partial charge in [-0.15, -0.1) is 0 Å². The SMILES string of the molecule is CC(=O)N1CCC(N(C(=O)c2ccccc2)C2CCN(C(=O)C3CCN(Cc4ccnc(N)c4)CC3)CC2)CC1. The summed E-state index contributed by atoms with van der Waals surface area (Å²) in [6.07, 6.45) is 6.65. The van der Waals surface area contributed by atoms with Crippen LogP contribution in [0.15, 0.2) is 48.7 Å². The van der Waals surface area contributed by atoms with Gasteiger partial charge >= 0.3 is 0 Å². The zero-order chi connectivity index (χ0) is 28.1. The molecule has 0 unspecified atom stereocenters. The number of amides is 3. The van der Waals surface area contributed by atoms with E-state index in [1.54, 1.807) is 13.1 Å². The van der Waals surface area contributed by atoms with Crippen molar-refractivity contribution in [2.45, 2.75) is 64.1 Å². The summed E-state index contributed by atoms with van der Waals surface area (Å²) >= 11 is 0. The highest BCUT2D eigenvalue weighted by atomic mass is 16.2. The van der Waals surface area contributed by atoms with E-state index in [9.17, 15) is 14.4 Å². The maximum atomic E-state index is 13.8. The minimum Gasteiger partial charge on any atom is -0.384 e. The molecule has 40 heavy (non-hydrogen) atoms. The average molecular weight is 547 g/mol. The van der Waals surface area contributed by atoms with Gasteiger partial charge in [0.2, 0.25) is 11.8 Å². The molecule has 3 aliphatic rings. The summed E-state index contributed by atoms with van der Waals surface area (Å²) < 4.78 is 0. The van der Waals surface area contributed by atoms with Crippen LogP contribution in [0.4, 0.5) is 5.82 Å². The number of hydrogen-bond acceptors (Lipinski definition) is 6. The topological polar surface area (TPSA) is 103 Å². The molecule has 0 atom stereocenters. The van der Waals surface area contributed by atoms with E-state index >= 15 is 0 Å². The van der Waals surface area contributed by atoms with Crippen LogP contribution in [0.25, 0.3) is 0 Å². The van der Waals surface area contributed by atoms with Gasteiger partial charge in [-0.1, -0.05) is 18.2 Å². The lowest BCUT2D eigenvalue weighted by Gasteiger charge is -2.45. The summed E-state index contributed by atoms with van der Waals surface area (Å²) in [5.41, 5.74) is 7.68. The van der Waals surface area contributed by atoms with E-state index in [0.717, 1.165) is 63.7 Å². The second kappa shape index (κ2) is 12.8. The highest BCUT2D eigenvalue weighted by Gasteiger charge is 2.37. The molecule has 1 aromatic heterocycles. The molecule has 1 aromatic carbocycles. The van der Waals surface area contributed by atoms with Gasteiger partial charge in [-0.3, -0.25) is 19.3 Å². The number of hydrogen-bond donors (Lipinski definition) is 1. The van der Waals surface area contributed by atoms with Crippen LogP contribution in [-0.2, 0) is 16.1 Å². The maximum Gasteiger partial charge on any atom is 0.254 e. The third-order valence-corrected chi connectivity index (χ3v) is 8.92. The minimum atomic E-state index is 0.0632. The Kier molecular flexibility index (Phi) is 8.99. The van der Waals surface area contributed by atoms with Crippen molar-refractivity contribution < 1.29 is 14.4 Å². The van der Waals surface area contributed by atoms with Crippen molar-refractivity contribution in [3.63, 3.8) is 0 Å². The number of nitrogens with zero attached hydrogens (tertiary/aromatic N) is 5. The van der Waals surface area contributed by atoms with Gasteiger partial charge in [0.25, 0.3) is 5.91 Å². The fraction of sp³-hybridized carbons (Fsp3) is 0.548. The zero-order valence-electron chi connectivity index (χ0n) is 23.6. The van der Waals surface area contributed by atoms with Crippen LogP contribution in [0.1, 0.15) is 61.4 Å². The molecule has 3 saturated heterocycles. The molecule has 0 spiro atoms. The molecule has 0 bridgehead atoms. The number of anilines is 1. The number of rotatable bonds is 6. The first-order chi connectivity index (χ1) is 19.4. The van der Waals surface area contributed by atoms with E-state index < -0.39 is 0 Å². The molecule has 2 N–H and O–H groups in total. The maximum absolute atomic E-state index is 13.8. The number of piperidine rings is 3. The quantitative estimate of drug-likeness (QED) is 0.598. The molecule has 2 aromatic rings. The van der Waals surface area contributed by atoms with Gasteiger partial charge in [0.15, 0.2) is 0 Å². The molecule has 5 rings (SSSR count). The van der Waals surface area contributed by atoms with Crippen LogP contribution in [-0.4, -0.2) is 93.7 Å². The van der Waals surface area contributed by atoms with Crippen LogP contribution >= 0.6 is 0 Å². The van der Waals surface area contributed by atoms with Gasteiger partial charge in [-0.05, 0) is 81.4 Å². The third kappa shape index (κ3) is 6.63. The van der Waals surface area contributed by atoms with Crippen LogP contribution in [0.5, 0.6) is 0 Å². The highest BCUT2D eigenvalue weighted by molar-refractivity contribution is 5.94. The molecular weight excluding hydrogens is 504 g/mol. The van der Waals surface area contributed by atoms with E-state index in [1.165, 1.54) is 0 Å². The fourth-order valence-corrected chi connectivity index (χ4v) is 6.63. The lowest BCUT2D eigenvalue weighted by atomic mass is 9.92. The Balaban J connectivity index is 1.16. The number of benzene rings is 1. The lowest BCUT2D eigenvalue weighted by Crippen LogP contribution is -2.56. The molecule has 214 valence electrons. The predicted molar refractivity (Wildman–Crippen MR) is 154 cm³/mol. The summed E-state index contributed by atoms with van der Waals surface area (Å²) in [5, 5.41) is 0. The monoisotopic (exact) mass is 546 g/mol.